The van der Waals surface area contributed by atoms with Crippen molar-refractivity contribution in [1.29, 1.82) is 0 Å². The highest BCUT2D eigenvalue weighted by Crippen LogP contribution is 2.25. The molecule has 0 spiro atoms. The van der Waals surface area contributed by atoms with Crippen LogP contribution in [0.5, 0.6) is 0 Å². The molecule has 25 heavy (non-hydrogen) atoms. The van der Waals surface area contributed by atoms with Crippen molar-refractivity contribution in [3.63, 3.8) is 0 Å². The second kappa shape index (κ2) is 6.84. The van der Waals surface area contributed by atoms with E-state index in [0.717, 1.165) is 38.4 Å². The summed E-state index contributed by atoms with van der Waals surface area (Å²) in [5.41, 5.74) is 3.26. The van der Waals surface area contributed by atoms with Crippen molar-refractivity contribution in [2.75, 3.05) is 31.1 Å². The van der Waals surface area contributed by atoms with Crippen molar-refractivity contribution in [2.24, 2.45) is 0 Å². The van der Waals surface area contributed by atoms with Gasteiger partial charge in [-0.15, -0.1) is 0 Å². The summed E-state index contributed by atoms with van der Waals surface area (Å²) >= 11 is 0. The fraction of sp³-hybridized carbons (Fsp3) is 0.400. The highest BCUT2D eigenvalue weighted by Gasteiger charge is 2.27. The molecule has 1 N–H and O–H groups in total. The number of fused-ring (bicyclic) bond motifs is 1. The van der Waals surface area contributed by atoms with Gasteiger partial charge in [-0.2, -0.15) is 0 Å². The molecular formula is C20H23N3O2. The van der Waals surface area contributed by atoms with E-state index >= 15 is 0 Å². The molecule has 0 unspecified atom stereocenters. The maximum absolute atomic E-state index is 10.9. The lowest BCUT2D eigenvalue weighted by Gasteiger charge is -2.41. The minimum absolute atomic E-state index is 0.239. The van der Waals surface area contributed by atoms with Crippen molar-refractivity contribution in [3.05, 3.63) is 59.3 Å². The Morgan fingerprint density at radius 1 is 1.04 bits per heavy atom. The second-order valence-electron chi connectivity index (χ2n) is 6.90. The highest BCUT2D eigenvalue weighted by molar-refractivity contribution is 5.87. The van der Waals surface area contributed by atoms with Gasteiger partial charge in [0.25, 0.3) is 0 Å². The van der Waals surface area contributed by atoms with Crippen LogP contribution in [0.2, 0.25) is 0 Å². The van der Waals surface area contributed by atoms with Crippen LogP contribution in [-0.4, -0.2) is 53.2 Å². The van der Waals surface area contributed by atoms with Crippen molar-refractivity contribution >= 4 is 11.8 Å². The molecule has 1 fully saturated rings. The topological polar surface area (TPSA) is 56.7 Å². The monoisotopic (exact) mass is 337 g/mol. The number of carbonyl (C=O) groups is 1. The highest BCUT2D eigenvalue weighted by atomic mass is 16.4. The number of aryl methyl sites for hydroxylation is 1. The van der Waals surface area contributed by atoms with Crippen LogP contribution in [0.4, 0.5) is 5.82 Å². The van der Waals surface area contributed by atoms with Crippen LogP contribution in [0.1, 0.15) is 27.9 Å². The first-order chi connectivity index (χ1) is 12.2. The summed E-state index contributed by atoms with van der Waals surface area (Å²) in [6, 6.07) is 12.9. The van der Waals surface area contributed by atoms with Gasteiger partial charge in [0.05, 0.1) is 5.56 Å². The zero-order chi connectivity index (χ0) is 17.2. The lowest BCUT2D eigenvalue weighted by atomic mass is 9.87. The van der Waals surface area contributed by atoms with Crippen molar-refractivity contribution in [1.82, 2.24) is 9.88 Å². The number of aromatic carboxylic acids is 1. The Morgan fingerprint density at radius 3 is 2.48 bits per heavy atom. The largest absolute Gasteiger partial charge is 0.478 e. The van der Waals surface area contributed by atoms with E-state index in [4.69, 9.17) is 5.11 Å². The van der Waals surface area contributed by atoms with Gasteiger partial charge in [-0.3, -0.25) is 4.90 Å². The molecule has 4 rings (SSSR count). The third kappa shape index (κ3) is 3.37. The Labute approximate surface area is 147 Å². The molecule has 130 valence electrons. The number of anilines is 1. The SMILES string of the molecule is O=C(O)c1ccc(N2CCN([C@@H]3CCc4ccccc4C3)CC2)nc1. The number of benzene rings is 1. The first-order valence-corrected chi connectivity index (χ1v) is 8.96. The van der Waals surface area contributed by atoms with Crippen molar-refractivity contribution in [2.45, 2.75) is 25.3 Å². The number of pyridine rings is 1. The van der Waals surface area contributed by atoms with E-state index in [1.807, 2.05) is 6.07 Å². The molecule has 1 atom stereocenters. The summed E-state index contributed by atoms with van der Waals surface area (Å²) in [7, 11) is 0. The second-order valence-corrected chi connectivity index (χ2v) is 6.90. The molecule has 0 radical (unpaired) electrons. The van der Waals surface area contributed by atoms with E-state index in [1.54, 1.807) is 6.07 Å². The average molecular weight is 337 g/mol. The predicted molar refractivity (Wildman–Crippen MR) is 97.2 cm³/mol. The standard InChI is InChI=1S/C20H23N3O2/c24-20(25)17-6-8-19(21-14-17)23-11-9-22(10-12-23)18-7-5-15-3-1-2-4-16(15)13-18/h1-4,6,8,14,18H,5,7,9-13H2,(H,24,25)/t18-/m1/s1. The zero-order valence-electron chi connectivity index (χ0n) is 14.3. The van der Waals surface area contributed by atoms with Gasteiger partial charge in [0.1, 0.15) is 5.82 Å². The van der Waals surface area contributed by atoms with Gasteiger partial charge in [-0.05, 0) is 42.5 Å². The number of aromatic nitrogens is 1. The minimum Gasteiger partial charge on any atom is -0.478 e. The van der Waals surface area contributed by atoms with E-state index < -0.39 is 5.97 Å². The van der Waals surface area contributed by atoms with Gasteiger partial charge >= 0.3 is 5.97 Å². The van der Waals surface area contributed by atoms with Gasteiger partial charge in [0, 0.05) is 38.4 Å². The molecule has 0 bridgehead atoms. The molecule has 2 aliphatic rings. The van der Waals surface area contributed by atoms with Gasteiger partial charge < -0.3 is 10.0 Å². The quantitative estimate of drug-likeness (QED) is 0.932. The zero-order valence-corrected chi connectivity index (χ0v) is 14.3. The van der Waals surface area contributed by atoms with E-state index in [1.165, 1.54) is 30.2 Å². The third-order valence-electron chi connectivity index (χ3n) is 5.47. The van der Waals surface area contributed by atoms with Crippen LogP contribution in [-0.2, 0) is 12.8 Å². The Morgan fingerprint density at radius 2 is 1.80 bits per heavy atom. The third-order valence-corrected chi connectivity index (χ3v) is 5.47. The molecule has 0 saturated carbocycles. The van der Waals surface area contributed by atoms with Crippen molar-refractivity contribution in [3.8, 4) is 0 Å². The van der Waals surface area contributed by atoms with Crippen molar-refractivity contribution < 1.29 is 9.90 Å². The summed E-state index contributed by atoms with van der Waals surface area (Å²) in [6.07, 6.45) is 5.02. The lowest BCUT2D eigenvalue weighted by Crippen LogP contribution is -2.52. The Bertz CT molecular complexity index is 752. The van der Waals surface area contributed by atoms with Gasteiger partial charge in [0.15, 0.2) is 0 Å². The Kier molecular flexibility index (Phi) is 4.40. The summed E-state index contributed by atoms with van der Waals surface area (Å²) in [4.78, 5) is 20.1. The Hall–Kier alpha value is -2.40. The number of carboxylic acids is 1. The van der Waals surface area contributed by atoms with Crippen LogP contribution in [0.15, 0.2) is 42.6 Å². The normalized spacial score (nSPS) is 21.0. The van der Waals surface area contributed by atoms with Gasteiger partial charge in [0.2, 0.25) is 0 Å². The first-order valence-electron chi connectivity index (χ1n) is 8.96. The predicted octanol–water partition coefficient (Wildman–Crippen LogP) is 2.46. The fourth-order valence-electron chi connectivity index (χ4n) is 4.01. The van der Waals surface area contributed by atoms with E-state index in [-0.39, 0.29) is 5.56 Å². The molecule has 1 aliphatic carbocycles. The summed E-state index contributed by atoms with van der Waals surface area (Å²) in [5, 5.41) is 8.97. The van der Waals surface area contributed by atoms with E-state index in [0.29, 0.717) is 6.04 Å². The number of carboxylic acid groups (broad SMARTS) is 1. The molecule has 5 heteroatoms. The Balaban J connectivity index is 1.36. The molecule has 5 nitrogen and oxygen atoms in total. The lowest BCUT2D eigenvalue weighted by molar-refractivity contribution is 0.0696. The van der Waals surface area contributed by atoms with Gasteiger partial charge in [-0.1, -0.05) is 24.3 Å². The molecule has 1 aromatic heterocycles. The molecule has 1 saturated heterocycles. The molecule has 2 heterocycles. The number of hydrogen-bond acceptors (Lipinski definition) is 4. The van der Waals surface area contributed by atoms with Gasteiger partial charge in [-0.25, -0.2) is 9.78 Å². The molecular weight excluding hydrogens is 314 g/mol. The van der Waals surface area contributed by atoms with Crippen LogP contribution in [0, 0.1) is 0 Å². The maximum Gasteiger partial charge on any atom is 0.337 e. The van der Waals surface area contributed by atoms with E-state index in [9.17, 15) is 4.79 Å². The number of piperazine rings is 1. The smallest absolute Gasteiger partial charge is 0.337 e. The maximum atomic E-state index is 10.9. The van der Waals surface area contributed by atoms with Crippen LogP contribution >= 0.6 is 0 Å². The molecule has 2 aromatic rings. The fourth-order valence-corrected chi connectivity index (χ4v) is 4.01. The first kappa shape index (κ1) is 16.1. The van der Waals surface area contributed by atoms with Crippen LogP contribution in [0.25, 0.3) is 0 Å². The van der Waals surface area contributed by atoms with E-state index in [2.05, 4.69) is 39.0 Å². The van der Waals surface area contributed by atoms with Crippen LogP contribution < -0.4 is 4.90 Å². The average Bonchev–Trinajstić information content (AvgIpc) is 2.68. The summed E-state index contributed by atoms with van der Waals surface area (Å²) in [6.45, 7) is 3.96. The molecule has 0 amide bonds. The number of hydrogen-bond donors (Lipinski definition) is 1. The number of nitrogens with zero attached hydrogens (tertiary/aromatic N) is 3. The summed E-state index contributed by atoms with van der Waals surface area (Å²) < 4.78 is 0. The van der Waals surface area contributed by atoms with Crippen LogP contribution in [0.3, 0.4) is 0 Å². The molecule has 1 aliphatic heterocycles. The molecule has 1 aromatic carbocycles. The number of rotatable bonds is 3. The summed E-state index contributed by atoms with van der Waals surface area (Å²) in [5.74, 6) is -0.0555. The minimum atomic E-state index is -0.929.